The van der Waals surface area contributed by atoms with Crippen LogP contribution in [0.25, 0.3) is 0 Å². The van der Waals surface area contributed by atoms with E-state index in [0.717, 1.165) is 32.1 Å². The molecule has 0 radical (unpaired) electrons. The van der Waals surface area contributed by atoms with E-state index >= 15 is 0 Å². The van der Waals surface area contributed by atoms with Crippen molar-refractivity contribution in [2.45, 2.75) is 64.5 Å². The number of carbonyl (C=O) groups excluding carboxylic acids is 2. The molecule has 5 heteroatoms. The topological polar surface area (TPSA) is 58.6 Å². The molecule has 1 atom stereocenters. The van der Waals surface area contributed by atoms with Gasteiger partial charge in [-0.3, -0.25) is 9.59 Å². The maximum atomic E-state index is 12.9. The number of rotatable bonds is 6. The molecule has 1 unspecified atom stereocenters. The summed E-state index contributed by atoms with van der Waals surface area (Å²) in [4.78, 5) is 27.2. The maximum absolute atomic E-state index is 12.9. The third kappa shape index (κ3) is 3.23. The average molecular weight is 296 g/mol. The summed E-state index contributed by atoms with van der Waals surface area (Å²) in [6.07, 6.45) is 4.53. The third-order valence-electron chi connectivity index (χ3n) is 4.55. The van der Waals surface area contributed by atoms with Crippen LogP contribution in [0.4, 0.5) is 0 Å². The van der Waals surface area contributed by atoms with Crippen LogP contribution in [0.3, 0.4) is 0 Å². The minimum Gasteiger partial charge on any atom is -0.380 e. The number of nitrogens with one attached hydrogen (secondary N) is 1. The van der Waals surface area contributed by atoms with Gasteiger partial charge < -0.3 is 15.0 Å². The van der Waals surface area contributed by atoms with Gasteiger partial charge in [0.1, 0.15) is 11.6 Å². The standard InChI is InChI=1S/C16H28N2O3/c1-4-10-21-11-9-18-13(12(2)3)14(19)17-16(15(18)20)7-5-6-8-16/h12-13H,4-11H2,1-3H3,(H,17,19). The van der Waals surface area contributed by atoms with Crippen molar-refractivity contribution < 1.29 is 14.3 Å². The molecule has 1 aliphatic heterocycles. The molecule has 0 aromatic rings. The zero-order valence-corrected chi connectivity index (χ0v) is 13.5. The summed E-state index contributed by atoms with van der Waals surface area (Å²) in [7, 11) is 0. The summed E-state index contributed by atoms with van der Waals surface area (Å²) < 4.78 is 5.52. The molecule has 21 heavy (non-hydrogen) atoms. The third-order valence-corrected chi connectivity index (χ3v) is 4.55. The predicted octanol–water partition coefficient (Wildman–Crippen LogP) is 1.71. The molecule has 1 heterocycles. The summed E-state index contributed by atoms with van der Waals surface area (Å²) in [6, 6.07) is -0.367. The molecule has 1 saturated heterocycles. The SMILES string of the molecule is CCCOCCN1C(=O)C2(CCCC2)NC(=O)C1C(C)C. The first-order chi connectivity index (χ1) is 10.0. The molecule has 1 spiro atoms. The molecule has 0 aromatic heterocycles. The molecule has 2 rings (SSSR count). The van der Waals surface area contributed by atoms with Crippen LogP contribution in [-0.4, -0.2) is 48.1 Å². The number of ether oxygens (including phenoxy) is 1. The summed E-state index contributed by atoms with van der Waals surface area (Å²) in [6.45, 7) is 7.76. The Hall–Kier alpha value is -1.10. The van der Waals surface area contributed by atoms with Crippen molar-refractivity contribution in [2.24, 2.45) is 5.92 Å². The fourth-order valence-corrected chi connectivity index (χ4v) is 3.54. The van der Waals surface area contributed by atoms with Crippen LogP contribution in [0.5, 0.6) is 0 Å². The predicted molar refractivity (Wildman–Crippen MR) is 80.8 cm³/mol. The van der Waals surface area contributed by atoms with Crippen LogP contribution in [-0.2, 0) is 14.3 Å². The Balaban J connectivity index is 2.12. The van der Waals surface area contributed by atoms with Crippen molar-refractivity contribution >= 4 is 11.8 Å². The lowest BCUT2D eigenvalue weighted by Gasteiger charge is -2.45. The van der Waals surface area contributed by atoms with Crippen molar-refractivity contribution in [3.8, 4) is 0 Å². The second-order valence-corrected chi connectivity index (χ2v) is 6.58. The summed E-state index contributed by atoms with van der Waals surface area (Å²) in [5.74, 6) is 0.208. The van der Waals surface area contributed by atoms with Crippen LogP contribution in [0.15, 0.2) is 0 Å². The Bertz CT molecular complexity index is 389. The first-order valence-electron chi connectivity index (χ1n) is 8.22. The molecule has 120 valence electrons. The fourth-order valence-electron chi connectivity index (χ4n) is 3.54. The van der Waals surface area contributed by atoms with E-state index in [0.29, 0.717) is 19.8 Å². The van der Waals surface area contributed by atoms with Crippen molar-refractivity contribution in [1.29, 1.82) is 0 Å². The number of carbonyl (C=O) groups is 2. The Labute approximate surface area is 127 Å². The van der Waals surface area contributed by atoms with Gasteiger partial charge in [-0.15, -0.1) is 0 Å². The second-order valence-electron chi connectivity index (χ2n) is 6.58. The molecule has 5 nitrogen and oxygen atoms in total. The normalized spacial score (nSPS) is 25.0. The lowest BCUT2D eigenvalue weighted by atomic mass is 9.87. The Morgan fingerprint density at radius 2 is 1.95 bits per heavy atom. The fraction of sp³-hybridized carbons (Fsp3) is 0.875. The largest absolute Gasteiger partial charge is 0.380 e. The van der Waals surface area contributed by atoms with Crippen molar-refractivity contribution in [3.63, 3.8) is 0 Å². The zero-order valence-electron chi connectivity index (χ0n) is 13.5. The van der Waals surface area contributed by atoms with Gasteiger partial charge in [0.05, 0.1) is 6.61 Å². The van der Waals surface area contributed by atoms with Crippen molar-refractivity contribution in [3.05, 3.63) is 0 Å². The van der Waals surface area contributed by atoms with E-state index in [9.17, 15) is 9.59 Å². The number of amides is 2. The smallest absolute Gasteiger partial charge is 0.249 e. The van der Waals surface area contributed by atoms with Gasteiger partial charge in [-0.05, 0) is 25.2 Å². The van der Waals surface area contributed by atoms with E-state index < -0.39 is 5.54 Å². The van der Waals surface area contributed by atoms with Crippen molar-refractivity contribution in [2.75, 3.05) is 19.8 Å². The molecule has 0 bridgehead atoms. The number of hydrogen-bond donors (Lipinski definition) is 1. The van der Waals surface area contributed by atoms with Gasteiger partial charge in [0.25, 0.3) is 0 Å². The van der Waals surface area contributed by atoms with E-state index in [1.54, 1.807) is 4.90 Å². The molecule has 1 N–H and O–H groups in total. The van der Waals surface area contributed by atoms with Gasteiger partial charge >= 0.3 is 0 Å². The highest BCUT2D eigenvalue weighted by Crippen LogP contribution is 2.35. The highest BCUT2D eigenvalue weighted by Gasteiger charge is 2.52. The quantitative estimate of drug-likeness (QED) is 0.759. The maximum Gasteiger partial charge on any atom is 0.249 e. The monoisotopic (exact) mass is 296 g/mol. The molecule has 2 amide bonds. The molecule has 2 aliphatic rings. The van der Waals surface area contributed by atoms with Crippen LogP contribution < -0.4 is 5.32 Å². The van der Waals surface area contributed by atoms with Crippen LogP contribution >= 0.6 is 0 Å². The summed E-state index contributed by atoms with van der Waals surface area (Å²) in [5, 5.41) is 3.03. The molecule has 0 aromatic carbocycles. The molecule has 1 aliphatic carbocycles. The molecular weight excluding hydrogens is 268 g/mol. The van der Waals surface area contributed by atoms with E-state index in [1.807, 2.05) is 13.8 Å². The van der Waals surface area contributed by atoms with E-state index in [2.05, 4.69) is 12.2 Å². The van der Waals surface area contributed by atoms with Gasteiger partial charge in [0, 0.05) is 13.2 Å². The highest BCUT2D eigenvalue weighted by atomic mass is 16.5. The van der Waals surface area contributed by atoms with Crippen molar-refractivity contribution in [1.82, 2.24) is 10.2 Å². The van der Waals surface area contributed by atoms with E-state index in [4.69, 9.17) is 4.74 Å². The van der Waals surface area contributed by atoms with Gasteiger partial charge in [-0.2, -0.15) is 0 Å². The second kappa shape index (κ2) is 6.77. The highest BCUT2D eigenvalue weighted by molar-refractivity contribution is 6.00. The Kier molecular flexibility index (Phi) is 5.25. The summed E-state index contributed by atoms with van der Waals surface area (Å²) >= 11 is 0. The molecular formula is C16H28N2O3. The van der Waals surface area contributed by atoms with Crippen LogP contribution in [0.1, 0.15) is 52.9 Å². The number of hydrogen-bond acceptors (Lipinski definition) is 3. The van der Waals surface area contributed by atoms with E-state index in [1.165, 1.54) is 0 Å². The first kappa shape index (κ1) is 16.3. The lowest BCUT2D eigenvalue weighted by Crippen LogP contribution is -2.70. The summed E-state index contributed by atoms with van der Waals surface area (Å²) in [5.41, 5.74) is -0.632. The molecule has 1 saturated carbocycles. The van der Waals surface area contributed by atoms with Crippen LogP contribution in [0, 0.1) is 5.92 Å². The van der Waals surface area contributed by atoms with E-state index in [-0.39, 0.29) is 23.8 Å². The van der Waals surface area contributed by atoms with Crippen LogP contribution in [0.2, 0.25) is 0 Å². The minimum atomic E-state index is -0.632. The Morgan fingerprint density at radius 1 is 1.29 bits per heavy atom. The Morgan fingerprint density at radius 3 is 2.52 bits per heavy atom. The lowest BCUT2D eigenvalue weighted by molar-refractivity contribution is -0.157. The first-order valence-corrected chi connectivity index (χ1v) is 8.22. The van der Waals surface area contributed by atoms with Gasteiger partial charge in [0.2, 0.25) is 11.8 Å². The number of piperazine rings is 1. The van der Waals surface area contributed by atoms with Gasteiger partial charge in [-0.25, -0.2) is 0 Å². The zero-order chi connectivity index (χ0) is 15.5. The number of nitrogens with zero attached hydrogens (tertiary/aromatic N) is 1. The minimum absolute atomic E-state index is 0.00184. The van der Waals surface area contributed by atoms with Gasteiger partial charge in [0.15, 0.2) is 0 Å². The average Bonchev–Trinajstić information content (AvgIpc) is 2.89. The van der Waals surface area contributed by atoms with Gasteiger partial charge in [-0.1, -0.05) is 33.6 Å². The molecule has 2 fully saturated rings.